The molecule has 4 nitrogen and oxygen atoms in total. The standard InChI is InChI=1S/C11H11BrN2O2S2/c1-7-2-5-11(17-7)18(15,16)14-8-3-4-10(13)9(12)6-8/h2-6,14H,13H2,1H3. The molecule has 0 aliphatic carbocycles. The molecule has 0 unspecified atom stereocenters. The van der Waals surface area contributed by atoms with E-state index in [9.17, 15) is 8.42 Å². The minimum atomic E-state index is -3.52. The number of rotatable bonds is 3. The molecule has 0 spiro atoms. The van der Waals surface area contributed by atoms with Gasteiger partial charge in [-0.2, -0.15) is 0 Å². The molecule has 0 fully saturated rings. The van der Waals surface area contributed by atoms with E-state index in [1.165, 1.54) is 11.3 Å². The van der Waals surface area contributed by atoms with Crippen molar-refractivity contribution in [1.82, 2.24) is 0 Å². The van der Waals surface area contributed by atoms with E-state index in [-0.39, 0.29) is 0 Å². The summed E-state index contributed by atoms with van der Waals surface area (Å²) in [6.45, 7) is 1.86. The Morgan fingerprint density at radius 2 is 2.00 bits per heavy atom. The summed E-state index contributed by atoms with van der Waals surface area (Å²) < 4.78 is 27.6. The fourth-order valence-electron chi connectivity index (χ4n) is 1.35. The van der Waals surface area contributed by atoms with E-state index in [0.29, 0.717) is 20.1 Å². The highest BCUT2D eigenvalue weighted by Gasteiger charge is 2.16. The highest BCUT2D eigenvalue weighted by atomic mass is 79.9. The van der Waals surface area contributed by atoms with Crippen LogP contribution in [0.1, 0.15) is 4.88 Å². The normalized spacial score (nSPS) is 11.4. The van der Waals surface area contributed by atoms with Gasteiger partial charge in [0, 0.05) is 15.0 Å². The van der Waals surface area contributed by atoms with Gasteiger partial charge in [0.05, 0.1) is 5.69 Å². The Morgan fingerprint density at radius 3 is 2.56 bits per heavy atom. The van der Waals surface area contributed by atoms with Gasteiger partial charge in [-0.25, -0.2) is 8.42 Å². The minimum absolute atomic E-state index is 0.299. The molecule has 96 valence electrons. The summed E-state index contributed by atoms with van der Waals surface area (Å²) in [5.74, 6) is 0. The van der Waals surface area contributed by atoms with Gasteiger partial charge in [-0.1, -0.05) is 0 Å². The van der Waals surface area contributed by atoms with Crippen LogP contribution >= 0.6 is 27.3 Å². The second-order valence-corrected chi connectivity index (χ2v) is 7.76. The maximum atomic E-state index is 12.1. The van der Waals surface area contributed by atoms with Crippen LogP contribution in [-0.4, -0.2) is 8.42 Å². The number of hydrogen-bond donors (Lipinski definition) is 2. The first-order valence-corrected chi connectivity index (χ1v) is 8.12. The van der Waals surface area contributed by atoms with Gasteiger partial charge in [-0.15, -0.1) is 11.3 Å². The maximum Gasteiger partial charge on any atom is 0.271 e. The van der Waals surface area contributed by atoms with E-state index in [0.717, 1.165) is 4.88 Å². The average molecular weight is 347 g/mol. The van der Waals surface area contributed by atoms with Crippen molar-refractivity contribution in [3.05, 3.63) is 39.7 Å². The SMILES string of the molecule is Cc1ccc(S(=O)(=O)Nc2ccc(N)c(Br)c2)s1. The largest absolute Gasteiger partial charge is 0.398 e. The molecule has 1 heterocycles. The van der Waals surface area contributed by atoms with Crippen LogP contribution < -0.4 is 10.5 Å². The van der Waals surface area contributed by atoms with Crippen LogP contribution in [-0.2, 0) is 10.0 Å². The van der Waals surface area contributed by atoms with Crippen molar-refractivity contribution >= 4 is 48.7 Å². The van der Waals surface area contributed by atoms with Gasteiger partial charge < -0.3 is 5.73 Å². The minimum Gasteiger partial charge on any atom is -0.398 e. The molecule has 0 radical (unpaired) electrons. The zero-order chi connectivity index (χ0) is 13.3. The quantitative estimate of drug-likeness (QED) is 0.838. The average Bonchev–Trinajstić information content (AvgIpc) is 2.71. The molecule has 0 atom stereocenters. The first-order valence-electron chi connectivity index (χ1n) is 5.03. The van der Waals surface area contributed by atoms with Crippen LogP contribution in [0.2, 0.25) is 0 Å². The third kappa shape index (κ3) is 2.85. The number of halogens is 1. The summed E-state index contributed by atoms with van der Waals surface area (Å²) in [6, 6.07) is 8.26. The zero-order valence-corrected chi connectivity index (χ0v) is 12.7. The lowest BCUT2D eigenvalue weighted by molar-refractivity contribution is 0.603. The van der Waals surface area contributed by atoms with Crippen LogP contribution in [0.3, 0.4) is 0 Å². The Hall–Kier alpha value is -1.05. The lowest BCUT2D eigenvalue weighted by atomic mass is 10.3. The molecule has 1 aromatic heterocycles. The fraction of sp³-hybridized carbons (Fsp3) is 0.0909. The Kier molecular flexibility index (Phi) is 3.65. The maximum absolute atomic E-state index is 12.1. The van der Waals surface area contributed by atoms with Crippen molar-refractivity contribution in [2.75, 3.05) is 10.5 Å². The van der Waals surface area contributed by atoms with Crippen molar-refractivity contribution in [3.63, 3.8) is 0 Å². The molecule has 0 saturated heterocycles. The summed E-state index contributed by atoms with van der Waals surface area (Å²) in [6.07, 6.45) is 0. The molecule has 2 aromatic rings. The Labute approximate surface area is 118 Å². The van der Waals surface area contributed by atoms with Gasteiger partial charge in [0.2, 0.25) is 0 Å². The fourth-order valence-corrected chi connectivity index (χ4v) is 4.06. The molecule has 18 heavy (non-hydrogen) atoms. The van der Waals surface area contributed by atoms with Crippen LogP contribution in [0.5, 0.6) is 0 Å². The molecular formula is C11H11BrN2O2S2. The molecular weight excluding hydrogens is 336 g/mol. The van der Waals surface area contributed by atoms with E-state index < -0.39 is 10.0 Å². The number of benzene rings is 1. The third-order valence-corrected chi connectivity index (χ3v) is 5.79. The number of hydrogen-bond acceptors (Lipinski definition) is 4. The first kappa shape index (κ1) is 13.4. The topological polar surface area (TPSA) is 72.2 Å². The third-order valence-electron chi connectivity index (χ3n) is 2.23. The van der Waals surface area contributed by atoms with Gasteiger partial charge in [0.15, 0.2) is 0 Å². The lowest BCUT2D eigenvalue weighted by Gasteiger charge is -2.07. The van der Waals surface area contributed by atoms with Crippen LogP contribution in [0.4, 0.5) is 11.4 Å². The lowest BCUT2D eigenvalue weighted by Crippen LogP contribution is -2.11. The van der Waals surface area contributed by atoms with Crippen molar-refractivity contribution in [2.24, 2.45) is 0 Å². The summed E-state index contributed by atoms with van der Waals surface area (Å²) in [5.41, 5.74) is 6.68. The van der Waals surface area contributed by atoms with Gasteiger partial charge in [-0.05, 0) is 53.2 Å². The molecule has 3 N–H and O–H groups in total. The van der Waals surface area contributed by atoms with Crippen molar-refractivity contribution < 1.29 is 8.42 Å². The zero-order valence-electron chi connectivity index (χ0n) is 9.48. The predicted molar refractivity (Wildman–Crippen MR) is 78.4 cm³/mol. The number of nitrogen functional groups attached to an aromatic ring is 1. The van der Waals surface area contributed by atoms with E-state index in [1.807, 2.05) is 6.92 Å². The highest BCUT2D eigenvalue weighted by molar-refractivity contribution is 9.10. The number of nitrogens with two attached hydrogens (primary N) is 1. The number of thiophene rings is 1. The summed E-state index contributed by atoms with van der Waals surface area (Å²) in [4.78, 5) is 0.953. The highest BCUT2D eigenvalue weighted by Crippen LogP contribution is 2.27. The molecule has 0 amide bonds. The summed E-state index contributed by atoms with van der Waals surface area (Å²) in [7, 11) is -3.52. The number of aryl methyl sites for hydroxylation is 1. The molecule has 1 aromatic carbocycles. The van der Waals surface area contributed by atoms with E-state index in [2.05, 4.69) is 20.7 Å². The molecule has 7 heteroatoms. The monoisotopic (exact) mass is 346 g/mol. The van der Waals surface area contributed by atoms with Crippen LogP contribution in [0.25, 0.3) is 0 Å². The Morgan fingerprint density at radius 1 is 1.28 bits per heavy atom. The van der Waals surface area contributed by atoms with Crippen molar-refractivity contribution in [3.8, 4) is 0 Å². The van der Waals surface area contributed by atoms with Gasteiger partial charge in [0.25, 0.3) is 10.0 Å². The second-order valence-electron chi connectivity index (χ2n) is 3.71. The number of anilines is 2. The molecule has 0 aliphatic heterocycles. The van der Waals surface area contributed by atoms with Crippen molar-refractivity contribution in [1.29, 1.82) is 0 Å². The van der Waals surface area contributed by atoms with Crippen LogP contribution in [0.15, 0.2) is 39.0 Å². The predicted octanol–water partition coefficient (Wildman–Crippen LogP) is 3.20. The second kappa shape index (κ2) is 4.91. The van der Waals surface area contributed by atoms with E-state index >= 15 is 0 Å². The smallest absolute Gasteiger partial charge is 0.271 e. The summed E-state index contributed by atoms with van der Waals surface area (Å²) in [5, 5.41) is 0. The number of sulfonamides is 1. The van der Waals surface area contributed by atoms with Crippen LogP contribution in [0, 0.1) is 6.92 Å². The number of nitrogens with one attached hydrogen (secondary N) is 1. The van der Waals surface area contributed by atoms with Crippen molar-refractivity contribution in [2.45, 2.75) is 11.1 Å². The van der Waals surface area contributed by atoms with E-state index in [1.54, 1.807) is 30.3 Å². The van der Waals surface area contributed by atoms with E-state index in [4.69, 9.17) is 5.73 Å². The molecule has 0 saturated carbocycles. The Bertz CT molecular complexity index is 680. The van der Waals surface area contributed by atoms with Gasteiger partial charge in [0.1, 0.15) is 4.21 Å². The van der Waals surface area contributed by atoms with Gasteiger partial charge in [-0.3, -0.25) is 4.72 Å². The molecule has 0 bridgehead atoms. The van der Waals surface area contributed by atoms with Gasteiger partial charge >= 0.3 is 0 Å². The molecule has 0 aliphatic rings. The Balaban J connectivity index is 2.30. The molecule has 2 rings (SSSR count). The first-order chi connectivity index (χ1) is 8.38. The summed E-state index contributed by atoms with van der Waals surface area (Å²) >= 11 is 4.49.